The average molecular weight is 364 g/mol. The number of hydrogen-bond acceptors (Lipinski definition) is 2. The van der Waals surface area contributed by atoms with Crippen LogP contribution in [0.25, 0.3) is 0 Å². The fourth-order valence-corrected chi connectivity index (χ4v) is 4.15. The lowest BCUT2D eigenvalue weighted by Crippen LogP contribution is -1.74. The van der Waals surface area contributed by atoms with Gasteiger partial charge in [0, 0.05) is 29.9 Å². The number of thiophene rings is 1. The molecule has 1 heterocycles. The highest BCUT2D eigenvalue weighted by Gasteiger charge is 1.99. The van der Waals surface area contributed by atoms with E-state index < -0.39 is 0 Å². The van der Waals surface area contributed by atoms with Gasteiger partial charge in [-0.1, -0.05) is 22.0 Å². The van der Waals surface area contributed by atoms with E-state index in [0.29, 0.717) is 0 Å². The first-order chi connectivity index (χ1) is 7.24. The van der Waals surface area contributed by atoms with Gasteiger partial charge in [-0.2, -0.15) is 0 Å². The molecule has 0 saturated carbocycles. The third-order valence-corrected chi connectivity index (χ3v) is 5.22. The van der Waals surface area contributed by atoms with E-state index in [0.717, 1.165) is 10.2 Å². The Hall–Kier alpha value is 0.230. The first-order valence-electron chi connectivity index (χ1n) is 4.35. The van der Waals surface area contributed by atoms with Crippen molar-refractivity contribution in [1.29, 1.82) is 0 Å². The first-order valence-corrected chi connectivity index (χ1v) is 7.80. The van der Waals surface area contributed by atoms with Crippen LogP contribution in [0, 0.1) is 0 Å². The Labute approximate surface area is 114 Å². The Morgan fingerprint density at radius 2 is 2.00 bits per heavy atom. The van der Waals surface area contributed by atoms with Crippen LogP contribution in [-0.2, 0) is 5.75 Å². The van der Waals surface area contributed by atoms with E-state index in [1.54, 1.807) is 11.3 Å². The SMILES string of the molecule is Brc1cccc(SCc2cc(Br)cs2)c1. The molecule has 0 nitrogen and oxygen atoms in total. The zero-order valence-electron chi connectivity index (χ0n) is 7.74. The minimum atomic E-state index is 1.03. The molecule has 78 valence electrons. The summed E-state index contributed by atoms with van der Waals surface area (Å²) in [5, 5.41) is 2.12. The number of benzene rings is 1. The summed E-state index contributed by atoms with van der Waals surface area (Å²) >= 11 is 10.6. The molecule has 0 aliphatic heterocycles. The Balaban J connectivity index is 1.99. The summed E-state index contributed by atoms with van der Waals surface area (Å²) in [4.78, 5) is 2.70. The normalized spacial score (nSPS) is 10.5. The highest BCUT2D eigenvalue weighted by molar-refractivity contribution is 9.10. The molecule has 0 unspecified atom stereocenters. The van der Waals surface area contributed by atoms with Gasteiger partial charge in [0.25, 0.3) is 0 Å². The molecule has 0 aliphatic rings. The molecule has 0 bridgehead atoms. The fraction of sp³-hybridized carbons (Fsp3) is 0.0909. The lowest BCUT2D eigenvalue weighted by atomic mass is 10.4. The van der Waals surface area contributed by atoms with Gasteiger partial charge in [-0.25, -0.2) is 0 Å². The second-order valence-corrected chi connectivity index (χ2v) is 6.85. The van der Waals surface area contributed by atoms with Crippen molar-refractivity contribution in [3.8, 4) is 0 Å². The van der Waals surface area contributed by atoms with E-state index in [4.69, 9.17) is 0 Å². The molecule has 0 spiro atoms. The average Bonchev–Trinajstić information content (AvgIpc) is 2.62. The van der Waals surface area contributed by atoms with Gasteiger partial charge >= 0.3 is 0 Å². The van der Waals surface area contributed by atoms with Gasteiger partial charge in [-0.05, 0) is 40.2 Å². The van der Waals surface area contributed by atoms with E-state index in [9.17, 15) is 0 Å². The molecule has 0 radical (unpaired) electrons. The van der Waals surface area contributed by atoms with E-state index >= 15 is 0 Å². The maximum atomic E-state index is 3.47. The molecule has 0 N–H and O–H groups in total. The lowest BCUT2D eigenvalue weighted by molar-refractivity contribution is 1.41. The zero-order chi connectivity index (χ0) is 10.7. The van der Waals surface area contributed by atoms with Crippen molar-refractivity contribution in [3.05, 3.63) is 49.5 Å². The number of rotatable bonds is 3. The third kappa shape index (κ3) is 3.63. The Morgan fingerprint density at radius 3 is 2.67 bits per heavy atom. The van der Waals surface area contributed by atoms with Crippen molar-refractivity contribution in [2.75, 3.05) is 0 Å². The van der Waals surface area contributed by atoms with Gasteiger partial charge in [0.05, 0.1) is 0 Å². The number of thioether (sulfide) groups is 1. The smallest absolute Gasteiger partial charge is 0.0326 e. The molecule has 1 aromatic heterocycles. The molecule has 2 rings (SSSR count). The molecule has 2 aromatic rings. The van der Waals surface area contributed by atoms with E-state index in [2.05, 4.69) is 61.5 Å². The quantitative estimate of drug-likeness (QED) is 0.642. The van der Waals surface area contributed by atoms with Crippen LogP contribution in [0.1, 0.15) is 4.88 Å². The lowest BCUT2D eigenvalue weighted by Gasteiger charge is -1.99. The van der Waals surface area contributed by atoms with E-state index in [1.807, 2.05) is 17.8 Å². The monoisotopic (exact) mass is 362 g/mol. The highest BCUT2D eigenvalue weighted by atomic mass is 79.9. The number of hydrogen-bond donors (Lipinski definition) is 0. The largest absolute Gasteiger partial charge is 0.147 e. The molecule has 0 atom stereocenters. The van der Waals surface area contributed by atoms with Gasteiger partial charge < -0.3 is 0 Å². The topological polar surface area (TPSA) is 0 Å². The van der Waals surface area contributed by atoms with Crippen molar-refractivity contribution in [1.82, 2.24) is 0 Å². The predicted octanol–water partition coefficient (Wildman–Crippen LogP) is 5.57. The van der Waals surface area contributed by atoms with Gasteiger partial charge in [-0.15, -0.1) is 23.1 Å². The van der Waals surface area contributed by atoms with Gasteiger partial charge in [0.2, 0.25) is 0 Å². The van der Waals surface area contributed by atoms with Crippen molar-refractivity contribution in [2.24, 2.45) is 0 Å². The van der Waals surface area contributed by atoms with Crippen LogP contribution in [0.4, 0.5) is 0 Å². The van der Waals surface area contributed by atoms with Crippen LogP contribution < -0.4 is 0 Å². The summed E-state index contributed by atoms with van der Waals surface area (Å²) in [7, 11) is 0. The molecule has 0 fully saturated rings. The molecule has 1 aromatic carbocycles. The van der Waals surface area contributed by atoms with Crippen LogP contribution in [0.2, 0.25) is 0 Å². The summed E-state index contributed by atoms with van der Waals surface area (Å²) in [6, 6.07) is 10.6. The molecular weight excluding hydrogens is 356 g/mol. The molecule has 4 heteroatoms. The van der Waals surface area contributed by atoms with Gasteiger partial charge in [0.15, 0.2) is 0 Å². The van der Waals surface area contributed by atoms with Crippen LogP contribution in [0.15, 0.2) is 49.6 Å². The summed E-state index contributed by atoms with van der Waals surface area (Å²) in [6.45, 7) is 0. The van der Waals surface area contributed by atoms with E-state index in [1.165, 1.54) is 14.2 Å². The van der Waals surface area contributed by atoms with Gasteiger partial charge in [-0.3, -0.25) is 0 Å². The van der Waals surface area contributed by atoms with Crippen LogP contribution in [0.3, 0.4) is 0 Å². The highest BCUT2D eigenvalue weighted by Crippen LogP contribution is 2.29. The minimum absolute atomic E-state index is 1.03. The Bertz CT molecular complexity index is 451. The molecule has 0 saturated heterocycles. The zero-order valence-corrected chi connectivity index (χ0v) is 12.5. The maximum Gasteiger partial charge on any atom is 0.0326 e. The van der Waals surface area contributed by atoms with Crippen LogP contribution in [0.5, 0.6) is 0 Å². The van der Waals surface area contributed by atoms with Crippen molar-refractivity contribution in [3.63, 3.8) is 0 Å². The number of halogens is 2. The fourth-order valence-electron chi connectivity index (χ4n) is 1.14. The first kappa shape index (κ1) is 11.7. The minimum Gasteiger partial charge on any atom is -0.147 e. The standard InChI is InChI=1S/C11H8Br2S2/c12-8-2-1-3-10(4-8)15-7-11-5-9(13)6-14-11/h1-6H,7H2. The molecule has 15 heavy (non-hydrogen) atoms. The van der Waals surface area contributed by atoms with Crippen LogP contribution >= 0.6 is 55.0 Å². The predicted molar refractivity (Wildman–Crippen MR) is 75.7 cm³/mol. The molecule has 0 aliphatic carbocycles. The third-order valence-electron chi connectivity index (χ3n) is 1.80. The van der Waals surface area contributed by atoms with Crippen molar-refractivity contribution in [2.45, 2.75) is 10.6 Å². The molecule has 0 amide bonds. The van der Waals surface area contributed by atoms with Gasteiger partial charge in [0.1, 0.15) is 0 Å². The summed E-state index contributed by atoms with van der Waals surface area (Å²) < 4.78 is 2.32. The van der Waals surface area contributed by atoms with Crippen LogP contribution in [-0.4, -0.2) is 0 Å². The molecular formula is C11H8Br2S2. The summed E-state index contributed by atoms with van der Waals surface area (Å²) in [6.07, 6.45) is 0. The second-order valence-electron chi connectivity index (χ2n) is 2.98. The maximum absolute atomic E-state index is 3.47. The second kappa shape index (κ2) is 5.53. The Kier molecular flexibility index (Phi) is 4.31. The Morgan fingerprint density at radius 1 is 1.13 bits per heavy atom. The summed E-state index contributed by atoms with van der Waals surface area (Å²) in [5.41, 5.74) is 0. The summed E-state index contributed by atoms with van der Waals surface area (Å²) in [5.74, 6) is 1.03. The van der Waals surface area contributed by atoms with Crippen molar-refractivity contribution >= 4 is 55.0 Å². The van der Waals surface area contributed by atoms with Crippen molar-refractivity contribution < 1.29 is 0 Å². The van der Waals surface area contributed by atoms with E-state index in [-0.39, 0.29) is 0 Å².